The van der Waals surface area contributed by atoms with Gasteiger partial charge < -0.3 is 45.2 Å². The molecule has 3 rings (SSSR count). The number of hydrogen-bond acceptors (Lipinski definition) is 10. The first-order valence-corrected chi connectivity index (χ1v) is 9.55. The van der Waals surface area contributed by atoms with E-state index in [0.29, 0.717) is 6.42 Å². The van der Waals surface area contributed by atoms with Crippen molar-refractivity contribution in [1.29, 1.82) is 0 Å². The van der Waals surface area contributed by atoms with E-state index in [9.17, 15) is 40.5 Å². The lowest BCUT2D eigenvalue weighted by molar-refractivity contribution is -0.277. The highest BCUT2D eigenvalue weighted by Crippen LogP contribution is 2.36. The number of rotatable bonds is 7. The van der Waals surface area contributed by atoms with Crippen LogP contribution in [0.4, 0.5) is 0 Å². The van der Waals surface area contributed by atoms with Crippen LogP contribution >= 0.6 is 0 Å². The Balaban J connectivity index is 1.82. The number of carbonyl (C=O) groups excluding carboxylic acids is 1. The van der Waals surface area contributed by atoms with E-state index >= 15 is 0 Å². The minimum atomic E-state index is -1.73. The van der Waals surface area contributed by atoms with Crippen molar-refractivity contribution < 1.29 is 50.0 Å². The van der Waals surface area contributed by atoms with Gasteiger partial charge in [-0.05, 0) is 24.1 Å². The lowest BCUT2D eigenvalue weighted by Crippen LogP contribution is -2.60. The quantitative estimate of drug-likeness (QED) is 0.288. The standard InChI is InChI=1S/C21H24O10/c22-9-16-18(27)19(28)20(29)21(31-16)30-15-8-12(24)7-14(26)17(15)13(25)6-3-10-1-4-11(23)5-2-10/h1-2,4-5,7-8,16,18-24,26-29H,3,6,9H2/t16-,18+,19+,20+,21-/m0/s1. The van der Waals surface area contributed by atoms with Crippen molar-refractivity contribution in [2.24, 2.45) is 0 Å². The van der Waals surface area contributed by atoms with Gasteiger partial charge in [-0.2, -0.15) is 0 Å². The minimum Gasteiger partial charge on any atom is -0.508 e. The van der Waals surface area contributed by atoms with Crippen LogP contribution in [0.5, 0.6) is 23.0 Å². The summed E-state index contributed by atoms with van der Waals surface area (Å²) in [6.45, 7) is -0.672. The molecule has 0 unspecified atom stereocenters. The minimum absolute atomic E-state index is 0.0475. The molecule has 1 heterocycles. The number of aliphatic hydroxyl groups is 4. The number of carbonyl (C=O) groups is 1. The predicted molar refractivity (Wildman–Crippen MR) is 105 cm³/mol. The van der Waals surface area contributed by atoms with Crippen molar-refractivity contribution in [3.05, 3.63) is 47.5 Å². The first-order valence-electron chi connectivity index (χ1n) is 9.55. The summed E-state index contributed by atoms with van der Waals surface area (Å²) < 4.78 is 10.7. The topological polar surface area (TPSA) is 177 Å². The van der Waals surface area contributed by atoms with Crippen molar-refractivity contribution in [2.45, 2.75) is 43.5 Å². The van der Waals surface area contributed by atoms with Crippen LogP contribution in [-0.2, 0) is 11.2 Å². The lowest BCUT2D eigenvalue weighted by atomic mass is 9.99. The van der Waals surface area contributed by atoms with Gasteiger partial charge in [0.15, 0.2) is 5.78 Å². The smallest absolute Gasteiger partial charge is 0.229 e. The molecule has 1 aliphatic heterocycles. The number of Topliss-reactive ketones (excluding diaryl/α,β-unsaturated/α-hetero) is 1. The summed E-state index contributed by atoms with van der Waals surface area (Å²) in [6.07, 6.45) is -7.61. The Morgan fingerprint density at radius 2 is 1.61 bits per heavy atom. The van der Waals surface area contributed by atoms with Gasteiger partial charge >= 0.3 is 0 Å². The SMILES string of the molecule is O=C(CCc1ccc(O)cc1)c1c(O)cc(O)cc1O[C@H]1O[C@@H](CO)[C@@H](O)[C@@H](O)[C@H]1O. The maximum atomic E-state index is 12.8. The van der Waals surface area contributed by atoms with Crippen molar-refractivity contribution in [3.63, 3.8) is 0 Å². The number of phenols is 3. The normalized spacial score (nSPS) is 25.9. The van der Waals surface area contributed by atoms with Gasteiger partial charge in [-0.15, -0.1) is 0 Å². The molecule has 2 aromatic rings. The van der Waals surface area contributed by atoms with Crippen LogP contribution in [0.2, 0.25) is 0 Å². The summed E-state index contributed by atoms with van der Waals surface area (Å²) in [4.78, 5) is 12.8. The third-order valence-corrected chi connectivity index (χ3v) is 5.01. The fourth-order valence-electron chi connectivity index (χ4n) is 3.30. The zero-order valence-electron chi connectivity index (χ0n) is 16.3. The Kier molecular flexibility index (Phi) is 6.98. The molecule has 1 saturated heterocycles. The maximum Gasteiger partial charge on any atom is 0.229 e. The predicted octanol–water partition coefficient (Wildman–Crippen LogP) is -0.202. The molecule has 1 fully saturated rings. The molecular weight excluding hydrogens is 412 g/mol. The van der Waals surface area contributed by atoms with Crippen molar-refractivity contribution in [1.82, 2.24) is 0 Å². The largest absolute Gasteiger partial charge is 0.508 e. The highest BCUT2D eigenvalue weighted by atomic mass is 16.7. The van der Waals surface area contributed by atoms with Crippen LogP contribution in [0.25, 0.3) is 0 Å². The van der Waals surface area contributed by atoms with E-state index in [2.05, 4.69) is 0 Å². The van der Waals surface area contributed by atoms with Crippen LogP contribution < -0.4 is 4.74 Å². The zero-order chi connectivity index (χ0) is 22.7. The Morgan fingerprint density at radius 1 is 0.935 bits per heavy atom. The number of benzene rings is 2. The summed E-state index contributed by atoms with van der Waals surface area (Å²) in [5.41, 5.74) is 0.495. The van der Waals surface area contributed by atoms with Gasteiger partial charge in [0.05, 0.1) is 6.61 Å². The molecule has 10 nitrogen and oxygen atoms in total. The average molecular weight is 436 g/mol. The zero-order valence-corrected chi connectivity index (χ0v) is 16.3. The van der Waals surface area contributed by atoms with E-state index in [-0.39, 0.29) is 23.5 Å². The lowest BCUT2D eigenvalue weighted by Gasteiger charge is -2.39. The van der Waals surface area contributed by atoms with Crippen molar-refractivity contribution >= 4 is 5.78 Å². The number of phenolic OH excluding ortho intramolecular Hbond substituents is 3. The van der Waals surface area contributed by atoms with E-state index in [1.54, 1.807) is 12.1 Å². The molecule has 0 bridgehead atoms. The monoisotopic (exact) mass is 436 g/mol. The summed E-state index contributed by atoms with van der Waals surface area (Å²) in [6, 6.07) is 8.23. The van der Waals surface area contributed by atoms with E-state index < -0.39 is 54.6 Å². The molecule has 2 aromatic carbocycles. The van der Waals surface area contributed by atoms with Gasteiger partial charge in [-0.1, -0.05) is 12.1 Å². The third-order valence-electron chi connectivity index (χ3n) is 5.01. The first kappa shape index (κ1) is 22.8. The second kappa shape index (κ2) is 9.50. The number of aromatic hydroxyl groups is 3. The second-order valence-corrected chi connectivity index (χ2v) is 7.24. The third kappa shape index (κ3) is 5.06. The maximum absolute atomic E-state index is 12.8. The van der Waals surface area contributed by atoms with E-state index in [0.717, 1.165) is 17.7 Å². The van der Waals surface area contributed by atoms with Crippen molar-refractivity contribution in [2.75, 3.05) is 6.61 Å². The second-order valence-electron chi connectivity index (χ2n) is 7.24. The number of hydrogen-bond donors (Lipinski definition) is 7. The number of ether oxygens (including phenoxy) is 2. The fraction of sp³-hybridized carbons (Fsp3) is 0.381. The van der Waals surface area contributed by atoms with E-state index in [1.807, 2.05) is 0 Å². The molecule has 10 heteroatoms. The van der Waals surface area contributed by atoms with Gasteiger partial charge in [0.1, 0.15) is 53.0 Å². The summed E-state index contributed by atoms with van der Waals surface area (Å²) >= 11 is 0. The summed E-state index contributed by atoms with van der Waals surface area (Å²) in [5, 5.41) is 68.6. The van der Waals surface area contributed by atoms with Crippen LogP contribution in [0.15, 0.2) is 36.4 Å². The number of aryl methyl sites for hydroxylation is 1. The van der Waals surface area contributed by atoms with Crippen LogP contribution in [0.1, 0.15) is 22.3 Å². The molecule has 0 spiro atoms. The van der Waals surface area contributed by atoms with Gasteiger partial charge in [0, 0.05) is 18.6 Å². The fourth-order valence-corrected chi connectivity index (χ4v) is 3.30. The van der Waals surface area contributed by atoms with Gasteiger partial charge in [-0.3, -0.25) is 4.79 Å². The van der Waals surface area contributed by atoms with Gasteiger partial charge in [0.25, 0.3) is 0 Å². The van der Waals surface area contributed by atoms with Crippen LogP contribution in [0, 0.1) is 0 Å². The molecule has 7 N–H and O–H groups in total. The van der Waals surface area contributed by atoms with Crippen molar-refractivity contribution in [3.8, 4) is 23.0 Å². The Hall–Kier alpha value is -2.89. The number of aliphatic hydroxyl groups excluding tert-OH is 4. The molecule has 5 atom stereocenters. The average Bonchev–Trinajstić information content (AvgIpc) is 2.73. The Labute approximate surface area is 177 Å². The van der Waals surface area contributed by atoms with Gasteiger partial charge in [-0.25, -0.2) is 0 Å². The highest BCUT2D eigenvalue weighted by molar-refractivity contribution is 6.01. The molecule has 1 aliphatic rings. The molecule has 168 valence electrons. The molecule has 0 amide bonds. The van der Waals surface area contributed by atoms with E-state index in [1.165, 1.54) is 12.1 Å². The molecule has 31 heavy (non-hydrogen) atoms. The Morgan fingerprint density at radius 3 is 2.26 bits per heavy atom. The number of ketones is 1. The Bertz CT molecular complexity index is 911. The summed E-state index contributed by atoms with van der Waals surface area (Å²) in [7, 11) is 0. The first-order chi connectivity index (χ1) is 14.7. The molecule has 0 saturated carbocycles. The molecule has 0 aliphatic carbocycles. The summed E-state index contributed by atoms with van der Waals surface area (Å²) in [5.74, 6) is -1.74. The highest BCUT2D eigenvalue weighted by Gasteiger charge is 2.45. The molecular formula is C21H24O10. The van der Waals surface area contributed by atoms with Gasteiger partial charge in [0.2, 0.25) is 6.29 Å². The van der Waals surface area contributed by atoms with Crippen LogP contribution in [0.3, 0.4) is 0 Å². The van der Waals surface area contributed by atoms with Crippen LogP contribution in [-0.4, -0.2) is 78.8 Å². The van der Waals surface area contributed by atoms with E-state index in [4.69, 9.17) is 9.47 Å². The molecule has 0 aromatic heterocycles. The molecule has 0 radical (unpaired) electrons.